The summed E-state index contributed by atoms with van der Waals surface area (Å²) in [4.78, 5) is 51.4. The van der Waals surface area contributed by atoms with Gasteiger partial charge < -0.3 is 20.5 Å². The Morgan fingerprint density at radius 2 is 1.38 bits per heavy atom. The van der Waals surface area contributed by atoms with Crippen LogP contribution in [0.15, 0.2) is 70.5 Å². The van der Waals surface area contributed by atoms with Crippen LogP contribution in [-0.4, -0.2) is 62.7 Å². The minimum atomic E-state index is -4.14. The molecular weight excluding hydrogens is 738 g/mol. The second-order valence-electron chi connectivity index (χ2n) is 14.7. The maximum absolute atomic E-state index is 12.9. The van der Waals surface area contributed by atoms with Gasteiger partial charge in [0.1, 0.15) is 11.8 Å². The summed E-state index contributed by atoms with van der Waals surface area (Å²) in [6, 6.07) is 13.8. The third-order valence-electron chi connectivity index (χ3n) is 8.31. The molecule has 288 valence electrons. The van der Waals surface area contributed by atoms with Crippen LogP contribution in [0.25, 0.3) is 0 Å². The minimum Gasteiger partial charge on any atom is -0.507 e. The van der Waals surface area contributed by atoms with Crippen molar-refractivity contribution in [1.82, 2.24) is 15.4 Å². The van der Waals surface area contributed by atoms with Gasteiger partial charge in [0, 0.05) is 45.1 Å². The molecule has 3 aromatic carbocycles. The zero-order valence-corrected chi connectivity index (χ0v) is 33.7. The van der Waals surface area contributed by atoms with Gasteiger partial charge >= 0.3 is 5.97 Å². The Morgan fingerprint density at radius 1 is 0.830 bits per heavy atom. The third kappa shape index (κ3) is 13.1. The monoisotopic (exact) mass is 787 g/mol. The van der Waals surface area contributed by atoms with Crippen LogP contribution in [0.5, 0.6) is 5.75 Å². The van der Waals surface area contributed by atoms with Crippen molar-refractivity contribution in [2.24, 2.45) is 0 Å². The molecule has 0 unspecified atom stereocenters. The number of rotatable bonds is 16. The van der Waals surface area contributed by atoms with E-state index in [-0.39, 0.29) is 39.2 Å². The maximum atomic E-state index is 12.9. The Balaban J connectivity index is 1.43. The number of halogens is 1. The average Bonchev–Trinajstić information content (AvgIpc) is 3.08. The standard InChI is InChI=1S/C39H50ClN3O8S2/c1-38(2,3)30-23-28(24-31(34(30)45)39(4,5)6)52-22-10-12-33(44)41-21-9-8-11-32(37(48)51-7)42-35(46)25-13-15-26(16-14-25)36(47)43-53(49,50)29-19-17-27(40)18-20-29/h13-20,23-24,32,45H,8-12,21-22H2,1-7H3,(H,41,44)(H,42,46)(H,43,47)/t32-/m0/s1. The summed E-state index contributed by atoms with van der Waals surface area (Å²) in [5, 5.41) is 16.9. The fourth-order valence-electron chi connectivity index (χ4n) is 5.31. The molecule has 3 rings (SSSR count). The van der Waals surface area contributed by atoms with Crippen molar-refractivity contribution in [1.29, 1.82) is 0 Å². The molecule has 0 saturated heterocycles. The molecule has 0 aliphatic rings. The number of carbonyl (C=O) groups is 4. The molecule has 4 N–H and O–H groups in total. The van der Waals surface area contributed by atoms with Gasteiger partial charge in [-0.1, -0.05) is 53.1 Å². The number of hydrogen-bond acceptors (Lipinski definition) is 9. The van der Waals surface area contributed by atoms with Crippen molar-refractivity contribution in [2.45, 2.75) is 100 Å². The van der Waals surface area contributed by atoms with Crippen LogP contribution in [-0.2, 0) is 35.2 Å². The van der Waals surface area contributed by atoms with Crippen molar-refractivity contribution in [2.75, 3.05) is 19.4 Å². The van der Waals surface area contributed by atoms with Gasteiger partial charge in [0.2, 0.25) is 5.91 Å². The van der Waals surface area contributed by atoms with Gasteiger partial charge in [-0.15, -0.1) is 11.8 Å². The third-order valence-corrected chi connectivity index (χ3v) is 11.0. The molecule has 11 nitrogen and oxygen atoms in total. The summed E-state index contributed by atoms with van der Waals surface area (Å²) in [7, 11) is -2.92. The number of carbonyl (C=O) groups excluding carboxylic acids is 4. The largest absolute Gasteiger partial charge is 0.507 e. The summed E-state index contributed by atoms with van der Waals surface area (Å²) in [6.45, 7) is 12.9. The number of unbranched alkanes of at least 4 members (excludes halogenated alkanes) is 1. The highest BCUT2D eigenvalue weighted by Gasteiger charge is 2.27. The van der Waals surface area contributed by atoms with Gasteiger partial charge in [0.25, 0.3) is 21.8 Å². The summed E-state index contributed by atoms with van der Waals surface area (Å²) < 4.78 is 31.9. The van der Waals surface area contributed by atoms with Crippen molar-refractivity contribution in [3.05, 3.63) is 87.9 Å². The van der Waals surface area contributed by atoms with Crippen LogP contribution >= 0.6 is 23.4 Å². The highest BCUT2D eigenvalue weighted by atomic mass is 35.5. The van der Waals surface area contributed by atoms with Crippen molar-refractivity contribution in [3.63, 3.8) is 0 Å². The van der Waals surface area contributed by atoms with Crippen LogP contribution in [0.3, 0.4) is 0 Å². The molecule has 0 radical (unpaired) electrons. The first kappa shape index (κ1) is 43.3. The van der Waals surface area contributed by atoms with E-state index in [1.165, 1.54) is 55.6 Å². The van der Waals surface area contributed by atoms with Crippen LogP contribution in [0.2, 0.25) is 5.02 Å². The number of thioether (sulfide) groups is 1. The zero-order chi connectivity index (χ0) is 39.6. The molecule has 0 fully saturated rings. The highest BCUT2D eigenvalue weighted by Crippen LogP contribution is 2.41. The molecule has 1 atom stereocenters. The second kappa shape index (κ2) is 18.8. The molecule has 0 aliphatic heterocycles. The summed E-state index contributed by atoms with van der Waals surface area (Å²) in [5.41, 5.74) is 1.53. The average molecular weight is 788 g/mol. The van der Waals surface area contributed by atoms with Crippen LogP contribution < -0.4 is 15.4 Å². The lowest BCUT2D eigenvalue weighted by Crippen LogP contribution is -2.41. The number of esters is 1. The van der Waals surface area contributed by atoms with Gasteiger partial charge in [-0.25, -0.2) is 17.9 Å². The molecule has 0 spiro atoms. The number of nitrogens with one attached hydrogen (secondary N) is 3. The predicted molar refractivity (Wildman–Crippen MR) is 208 cm³/mol. The molecule has 0 heterocycles. The Labute approximate surface area is 322 Å². The fraction of sp³-hybridized carbons (Fsp3) is 0.436. The minimum absolute atomic E-state index is 0.00567. The first-order valence-corrected chi connectivity index (χ1v) is 20.2. The maximum Gasteiger partial charge on any atom is 0.328 e. The molecule has 0 saturated carbocycles. The van der Waals surface area contributed by atoms with Gasteiger partial charge in [-0.3, -0.25) is 14.4 Å². The van der Waals surface area contributed by atoms with Crippen molar-refractivity contribution < 1.29 is 37.4 Å². The van der Waals surface area contributed by atoms with E-state index in [9.17, 15) is 32.7 Å². The van der Waals surface area contributed by atoms with E-state index >= 15 is 0 Å². The lowest BCUT2D eigenvalue weighted by molar-refractivity contribution is -0.143. The molecule has 14 heteroatoms. The van der Waals surface area contributed by atoms with Gasteiger partial charge in [-0.05, 0) is 103 Å². The fourth-order valence-corrected chi connectivity index (χ4v) is 7.33. The molecular formula is C39H50ClN3O8S2. The second-order valence-corrected chi connectivity index (χ2v) is 18.0. The Hall–Kier alpha value is -4.07. The van der Waals surface area contributed by atoms with E-state index in [2.05, 4.69) is 52.2 Å². The van der Waals surface area contributed by atoms with E-state index in [1.54, 1.807) is 11.8 Å². The number of phenolic OH excluding ortho intramolecular Hbond substituents is 1. The van der Waals surface area contributed by atoms with Crippen LogP contribution in [0.4, 0.5) is 0 Å². The quantitative estimate of drug-likeness (QED) is 0.0687. The normalized spacial score (nSPS) is 12.5. The Bertz CT molecular complexity index is 1830. The van der Waals surface area contributed by atoms with Crippen LogP contribution in [0.1, 0.15) is 105 Å². The SMILES string of the molecule is COC(=O)[C@H](CCCCNC(=O)CCCSc1cc(C(C)(C)C)c(O)c(C(C)(C)C)c1)NC(=O)c1ccc(C(=O)NS(=O)(=O)c2ccc(Cl)cc2)cc1. The van der Waals surface area contributed by atoms with E-state index < -0.39 is 33.8 Å². The molecule has 0 bridgehead atoms. The molecule has 0 aromatic heterocycles. The van der Waals surface area contributed by atoms with Crippen LogP contribution in [0, 0.1) is 0 Å². The predicted octanol–water partition coefficient (Wildman–Crippen LogP) is 6.89. The number of methoxy groups -OCH3 is 1. The van der Waals surface area contributed by atoms with Gasteiger partial charge in [-0.2, -0.15) is 0 Å². The number of phenols is 1. The number of aromatic hydroxyl groups is 1. The Kier molecular flexibility index (Phi) is 15.4. The lowest BCUT2D eigenvalue weighted by atomic mass is 9.79. The number of hydrogen-bond donors (Lipinski definition) is 4. The lowest BCUT2D eigenvalue weighted by Gasteiger charge is -2.28. The van der Waals surface area contributed by atoms with Gasteiger partial charge in [0.15, 0.2) is 0 Å². The van der Waals surface area contributed by atoms with E-state index in [0.717, 1.165) is 21.8 Å². The van der Waals surface area contributed by atoms with Crippen molar-refractivity contribution >= 4 is 57.1 Å². The van der Waals surface area contributed by atoms with E-state index in [4.69, 9.17) is 16.3 Å². The zero-order valence-electron chi connectivity index (χ0n) is 31.3. The first-order valence-electron chi connectivity index (χ1n) is 17.3. The van der Waals surface area contributed by atoms with E-state index in [1.807, 2.05) is 16.9 Å². The van der Waals surface area contributed by atoms with Gasteiger partial charge in [0.05, 0.1) is 12.0 Å². The smallest absolute Gasteiger partial charge is 0.328 e. The molecule has 53 heavy (non-hydrogen) atoms. The number of benzene rings is 3. The number of ether oxygens (including phenoxy) is 1. The van der Waals surface area contributed by atoms with E-state index in [0.29, 0.717) is 43.0 Å². The summed E-state index contributed by atoms with van der Waals surface area (Å²) in [5.74, 6) is -1.07. The number of sulfonamides is 1. The highest BCUT2D eigenvalue weighted by molar-refractivity contribution is 7.99. The molecule has 3 amide bonds. The van der Waals surface area contributed by atoms with Crippen molar-refractivity contribution in [3.8, 4) is 5.75 Å². The Morgan fingerprint density at radius 3 is 1.91 bits per heavy atom. The molecule has 3 aromatic rings. The molecule has 0 aliphatic carbocycles. The topological polar surface area (TPSA) is 168 Å². The first-order chi connectivity index (χ1) is 24.7. The summed E-state index contributed by atoms with van der Waals surface area (Å²) >= 11 is 7.47. The summed E-state index contributed by atoms with van der Waals surface area (Å²) in [6.07, 6.45) is 2.41. The number of amides is 3.